The van der Waals surface area contributed by atoms with Gasteiger partial charge < -0.3 is 15.0 Å². The highest BCUT2D eigenvalue weighted by molar-refractivity contribution is 7.10. The van der Waals surface area contributed by atoms with E-state index in [2.05, 4.69) is 33.5 Å². The van der Waals surface area contributed by atoms with Crippen LogP contribution < -0.4 is 5.32 Å². The number of nitrogens with one attached hydrogen (secondary N) is 1. The van der Waals surface area contributed by atoms with Crippen molar-refractivity contribution in [2.45, 2.75) is 39.7 Å². The fraction of sp³-hybridized carbons (Fsp3) is 0.700. The van der Waals surface area contributed by atoms with Crippen LogP contribution >= 0.6 is 11.3 Å². The van der Waals surface area contributed by atoms with Gasteiger partial charge in [-0.05, 0) is 50.1 Å². The molecular weight excluding hydrogens is 360 g/mol. The van der Waals surface area contributed by atoms with E-state index >= 15 is 0 Å². The number of piperidine rings is 1. The summed E-state index contributed by atoms with van der Waals surface area (Å²) in [5, 5.41) is 5.62. The first-order chi connectivity index (χ1) is 13.2. The molecule has 27 heavy (non-hydrogen) atoms. The summed E-state index contributed by atoms with van der Waals surface area (Å²) in [6, 6.07) is 2.26. The molecule has 0 spiro atoms. The second kappa shape index (κ2) is 10.1. The van der Waals surface area contributed by atoms with Crippen molar-refractivity contribution in [1.82, 2.24) is 15.1 Å². The summed E-state index contributed by atoms with van der Waals surface area (Å²) < 4.78 is 5.17. The SMILES string of the molecule is CCNC(=NCCN1CCc2sccc2C1)N1CCC(C(=O)OCC)CC1. The molecule has 3 rings (SSSR count). The second-order valence-corrected chi connectivity index (χ2v) is 8.14. The predicted molar refractivity (Wildman–Crippen MR) is 110 cm³/mol. The number of esters is 1. The van der Waals surface area contributed by atoms with Gasteiger partial charge in [-0.25, -0.2) is 0 Å². The third-order valence-electron chi connectivity index (χ3n) is 5.31. The van der Waals surface area contributed by atoms with Gasteiger partial charge in [0.05, 0.1) is 19.1 Å². The number of ether oxygens (including phenoxy) is 1. The first-order valence-electron chi connectivity index (χ1n) is 10.2. The quantitative estimate of drug-likeness (QED) is 0.458. The number of aliphatic imine (C=N–C) groups is 1. The molecule has 0 atom stereocenters. The summed E-state index contributed by atoms with van der Waals surface area (Å²) in [6.07, 6.45) is 2.85. The lowest BCUT2D eigenvalue weighted by Crippen LogP contribution is -2.47. The Hall–Kier alpha value is -1.60. The van der Waals surface area contributed by atoms with E-state index in [1.165, 1.54) is 5.56 Å². The van der Waals surface area contributed by atoms with Gasteiger partial charge in [0.15, 0.2) is 5.96 Å². The topological polar surface area (TPSA) is 57.2 Å². The van der Waals surface area contributed by atoms with Crippen molar-refractivity contribution in [3.05, 3.63) is 21.9 Å². The molecule has 0 amide bonds. The molecule has 0 radical (unpaired) electrons. The van der Waals surface area contributed by atoms with Crippen LogP contribution in [0, 0.1) is 5.92 Å². The highest BCUT2D eigenvalue weighted by Gasteiger charge is 2.27. The maximum Gasteiger partial charge on any atom is 0.309 e. The summed E-state index contributed by atoms with van der Waals surface area (Å²) in [5.41, 5.74) is 1.49. The lowest BCUT2D eigenvalue weighted by molar-refractivity contribution is -0.149. The van der Waals surface area contributed by atoms with Crippen molar-refractivity contribution in [1.29, 1.82) is 0 Å². The number of carbonyl (C=O) groups is 1. The van der Waals surface area contributed by atoms with Crippen LogP contribution in [0.4, 0.5) is 0 Å². The number of guanidine groups is 1. The maximum absolute atomic E-state index is 11.9. The Morgan fingerprint density at radius 2 is 2.15 bits per heavy atom. The number of hydrogen-bond donors (Lipinski definition) is 1. The van der Waals surface area contributed by atoms with Crippen LogP contribution in [0.3, 0.4) is 0 Å². The molecule has 3 heterocycles. The van der Waals surface area contributed by atoms with E-state index in [1.807, 2.05) is 18.3 Å². The van der Waals surface area contributed by atoms with Crippen molar-refractivity contribution >= 4 is 23.3 Å². The zero-order valence-corrected chi connectivity index (χ0v) is 17.4. The Bertz CT molecular complexity index is 638. The third kappa shape index (κ3) is 5.45. The van der Waals surface area contributed by atoms with Crippen LogP contribution in [-0.4, -0.2) is 67.6 Å². The molecule has 2 aliphatic heterocycles. The van der Waals surface area contributed by atoms with E-state index in [9.17, 15) is 4.79 Å². The van der Waals surface area contributed by atoms with Crippen LogP contribution in [0.15, 0.2) is 16.4 Å². The number of rotatable bonds is 6. The summed E-state index contributed by atoms with van der Waals surface area (Å²) in [5.74, 6) is 0.974. The minimum atomic E-state index is -0.0445. The number of nitrogens with zero attached hydrogens (tertiary/aromatic N) is 3. The van der Waals surface area contributed by atoms with Crippen LogP contribution in [0.25, 0.3) is 0 Å². The zero-order chi connectivity index (χ0) is 19.1. The molecule has 1 N–H and O–H groups in total. The third-order valence-corrected chi connectivity index (χ3v) is 6.34. The minimum absolute atomic E-state index is 0.0391. The van der Waals surface area contributed by atoms with Crippen LogP contribution in [0.2, 0.25) is 0 Å². The molecule has 0 saturated carbocycles. The van der Waals surface area contributed by atoms with Crippen LogP contribution in [0.5, 0.6) is 0 Å². The van der Waals surface area contributed by atoms with E-state index in [4.69, 9.17) is 9.73 Å². The molecule has 6 nitrogen and oxygen atoms in total. The van der Waals surface area contributed by atoms with Crippen molar-refractivity contribution in [3.63, 3.8) is 0 Å². The Balaban J connectivity index is 1.48. The Kier molecular flexibility index (Phi) is 7.52. The van der Waals surface area contributed by atoms with E-state index in [0.29, 0.717) is 6.61 Å². The van der Waals surface area contributed by atoms with Gasteiger partial charge in [-0.1, -0.05) is 0 Å². The number of fused-ring (bicyclic) bond motifs is 1. The normalized spacial score (nSPS) is 19.0. The maximum atomic E-state index is 11.9. The van der Waals surface area contributed by atoms with Gasteiger partial charge in [-0.2, -0.15) is 0 Å². The molecule has 0 aromatic carbocycles. The van der Waals surface area contributed by atoms with Crippen LogP contribution in [0.1, 0.15) is 37.1 Å². The van der Waals surface area contributed by atoms with Crippen molar-refractivity contribution in [2.24, 2.45) is 10.9 Å². The van der Waals surface area contributed by atoms with Crippen molar-refractivity contribution < 1.29 is 9.53 Å². The van der Waals surface area contributed by atoms with E-state index in [1.54, 1.807) is 4.88 Å². The van der Waals surface area contributed by atoms with Gasteiger partial charge in [0.25, 0.3) is 0 Å². The standard InChI is InChI=1S/C20H32N4O2S/c1-3-21-20(24-11-5-16(6-12-24)19(25)26-4-2)22-9-13-23-10-7-18-17(15-23)8-14-27-18/h8,14,16H,3-7,9-13,15H2,1-2H3,(H,21,22). The molecule has 1 fully saturated rings. The Morgan fingerprint density at radius 1 is 1.33 bits per heavy atom. The first kappa shape index (κ1) is 20.1. The average Bonchev–Trinajstić information content (AvgIpc) is 3.15. The predicted octanol–water partition coefficient (Wildman–Crippen LogP) is 2.35. The van der Waals surface area contributed by atoms with Gasteiger partial charge in [0.1, 0.15) is 0 Å². The molecule has 150 valence electrons. The largest absolute Gasteiger partial charge is 0.466 e. The number of hydrogen-bond acceptors (Lipinski definition) is 5. The average molecular weight is 393 g/mol. The van der Waals surface area contributed by atoms with Gasteiger partial charge >= 0.3 is 5.97 Å². The van der Waals surface area contributed by atoms with Gasteiger partial charge in [-0.15, -0.1) is 11.3 Å². The summed E-state index contributed by atoms with van der Waals surface area (Å²) in [4.78, 5) is 23.1. The fourth-order valence-electron chi connectivity index (χ4n) is 3.81. The van der Waals surface area contributed by atoms with Crippen molar-refractivity contribution in [2.75, 3.05) is 45.9 Å². The molecule has 0 bridgehead atoms. The Labute approximate surface area is 166 Å². The summed E-state index contributed by atoms with van der Waals surface area (Å²) in [7, 11) is 0. The van der Waals surface area contributed by atoms with Crippen LogP contribution in [-0.2, 0) is 22.5 Å². The second-order valence-electron chi connectivity index (χ2n) is 7.14. The summed E-state index contributed by atoms with van der Waals surface area (Å²) in [6.45, 7) is 11.0. The van der Waals surface area contributed by atoms with Gasteiger partial charge in [-0.3, -0.25) is 14.7 Å². The monoisotopic (exact) mass is 392 g/mol. The highest BCUT2D eigenvalue weighted by atomic mass is 32.1. The summed E-state index contributed by atoms with van der Waals surface area (Å²) >= 11 is 1.88. The highest BCUT2D eigenvalue weighted by Crippen LogP contribution is 2.23. The zero-order valence-electron chi connectivity index (χ0n) is 16.6. The van der Waals surface area contributed by atoms with E-state index < -0.39 is 0 Å². The smallest absolute Gasteiger partial charge is 0.309 e. The fourth-order valence-corrected chi connectivity index (χ4v) is 4.70. The molecule has 1 aromatic heterocycles. The molecule has 7 heteroatoms. The van der Waals surface area contributed by atoms with E-state index in [0.717, 1.165) is 71.0 Å². The number of carbonyl (C=O) groups excluding carboxylic acids is 1. The van der Waals surface area contributed by atoms with Gasteiger partial charge in [0.2, 0.25) is 0 Å². The molecule has 1 saturated heterocycles. The Morgan fingerprint density at radius 3 is 2.89 bits per heavy atom. The number of thiophene rings is 1. The first-order valence-corrected chi connectivity index (χ1v) is 11.1. The number of likely N-dealkylation sites (tertiary alicyclic amines) is 1. The lowest BCUT2D eigenvalue weighted by atomic mass is 9.97. The van der Waals surface area contributed by atoms with Crippen molar-refractivity contribution in [3.8, 4) is 0 Å². The van der Waals surface area contributed by atoms with Gasteiger partial charge in [0, 0.05) is 44.1 Å². The molecule has 1 aromatic rings. The molecule has 0 unspecified atom stereocenters. The van der Waals surface area contributed by atoms with E-state index in [-0.39, 0.29) is 11.9 Å². The molecule has 2 aliphatic rings. The minimum Gasteiger partial charge on any atom is -0.466 e. The lowest BCUT2D eigenvalue weighted by Gasteiger charge is -2.33. The molecular formula is C20H32N4O2S. The molecule has 0 aliphatic carbocycles.